The molecule has 0 bridgehead atoms. The molecular formula is C13H13ClN4S. The van der Waals surface area contributed by atoms with E-state index in [1.165, 1.54) is 28.7 Å². The van der Waals surface area contributed by atoms with Crippen molar-refractivity contribution < 1.29 is 0 Å². The Hall–Kier alpha value is -1.20. The Labute approximate surface area is 119 Å². The van der Waals surface area contributed by atoms with Crippen LogP contribution in [0, 0.1) is 5.92 Å². The van der Waals surface area contributed by atoms with Crippen LogP contribution < -0.4 is 0 Å². The van der Waals surface area contributed by atoms with Crippen LogP contribution in [0.5, 0.6) is 0 Å². The van der Waals surface area contributed by atoms with Crippen LogP contribution in [0.1, 0.15) is 29.6 Å². The van der Waals surface area contributed by atoms with Gasteiger partial charge in [-0.2, -0.15) is 0 Å². The average molecular weight is 293 g/mol. The second-order valence-electron chi connectivity index (χ2n) is 5.22. The van der Waals surface area contributed by atoms with Gasteiger partial charge in [0.25, 0.3) is 0 Å². The van der Waals surface area contributed by atoms with Gasteiger partial charge in [-0.15, -0.1) is 33.1 Å². The number of alkyl halides is 1. The van der Waals surface area contributed by atoms with E-state index in [-0.39, 0.29) is 0 Å². The van der Waals surface area contributed by atoms with Crippen LogP contribution in [-0.4, -0.2) is 19.6 Å². The monoisotopic (exact) mass is 292 g/mol. The van der Waals surface area contributed by atoms with Crippen molar-refractivity contribution in [3.8, 4) is 0 Å². The molecule has 4 nitrogen and oxygen atoms in total. The fourth-order valence-electron chi connectivity index (χ4n) is 2.87. The number of nitrogens with zero attached hydrogens (tertiary/aromatic N) is 4. The van der Waals surface area contributed by atoms with E-state index in [9.17, 15) is 0 Å². The summed E-state index contributed by atoms with van der Waals surface area (Å²) in [6.45, 7) is 2.32. The second kappa shape index (κ2) is 4.15. The van der Waals surface area contributed by atoms with Crippen molar-refractivity contribution in [1.82, 2.24) is 19.6 Å². The lowest BCUT2D eigenvalue weighted by atomic mass is 9.89. The van der Waals surface area contributed by atoms with Crippen LogP contribution >= 0.6 is 22.9 Å². The SMILES string of the molecule is CC1CCc2c(sc3ncn4c(CCl)nnc4c23)C1. The molecule has 0 N–H and O–H groups in total. The Morgan fingerprint density at radius 3 is 3.21 bits per heavy atom. The number of fused-ring (bicyclic) bond motifs is 5. The molecule has 1 aliphatic carbocycles. The van der Waals surface area contributed by atoms with Crippen molar-refractivity contribution in [2.45, 2.75) is 32.1 Å². The molecule has 19 heavy (non-hydrogen) atoms. The summed E-state index contributed by atoms with van der Waals surface area (Å²) in [5, 5.41) is 9.66. The quantitative estimate of drug-likeness (QED) is 0.647. The number of aryl methyl sites for hydroxylation is 1. The Bertz CT molecular complexity index is 776. The smallest absolute Gasteiger partial charge is 0.172 e. The molecule has 1 aliphatic rings. The molecule has 0 fully saturated rings. The highest BCUT2D eigenvalue weighted by Crippen LogP contribution is 2.38. The van der Waals surface area contributed by atoms with Gasteiger partial charge >= 0.3 is 0 Å². The first-order valence-electron chi connectivity index (χ1n) is 6.46. The van der Waals surface area contributed by atoms with Gasteiger partial charge in [0, 0.05) is 4.88 Å². The van der Waals surface area contributed by atoms with E-state index in [0.29, 0.717) is 5.88 Å². The molecule has 1 atom stereocenters. The predicted molar refractivity (Wildman–Crippen MR) is 76.9 cm³/mol. The van der Waals surface area contributed by atoms with Gasteiger partial charge in [0.1, 0.15) is 11.2 Å². The lowest BCUT2D eigenvalue weighted by Crippen LogP contribution is -2.08. The van der Waals surface area contributed by atoms with E-state index in [2.05, 4.69) is 22.1 Å². The van der Waals surface area contributed by atoms with Crippen LogP contribution in [0.3, 0.4) is 0 Å². The van der Waals surface area contributed by atoms with Gasteiger partial charge in [0.2, 0.25) is 0 Å². The fraction of sp³-hybridized carbons (Fsp3) is 0.462. The third-order valence-electron chi connectivity index (χ3n) is 3.89. The molecule has 0 aliphatic heterocycles. The van der Waals surface area contributed by atoms with Crippen molar-refractivity contribution in [2.24, 2.45) is 5.92 Å². The summed E-state index contributed by atoms with van der Waals surface area (Å²) in [6, 6.07) is 0. The first kappa shape index (κ1) is 11.6. The molecule has 0 saturated heterocycles. The fourth-order valence-corrected chi connectivity index (χ4v) is 4.40. The maximum atomic E-state index is 5.89. The molecule has 0 spiro atoms. The summed E-state index contributed by atoms with van der Waals surface area (Å²) in [5.74, 6) is 1.89. The minimum atomic E-state index is 0.359. The Balaban J connectivity index is 2.07. The van der Waals surface area contributed by atoms with Crippen LogP contribution in [-0.2, 0) is 18.7 Å². The topological polar surface area (TPSA) is 43.1 Å². The highest BCUT2D eigenvalue weighted by molar-refractivity contribution is 7.19. The first-order valence-corrected chi connectivity index (χ1v) is 7.82. The number of hydrogen-bond donors (Lipinski definition) is 0. The van der Waals surface area contributed by atoms with E-state index < -0.39 is 0 Å². The van der Waals surface area contributed by atoms with E-state index >= 15 is 0 Å². The zero-order valence-corrected chi connectivity index (χ0v) is 12.1. The van der Waals surface area contributed by atoms with E-state index in [4.69, 9.17) is 11.6 Å². The number of thiophene rings is 1. The van der Waals surface area contributed by atoms with Gasteiger partial charge in [-0.3, -0.25) is 4.40 Å². The Kier molecular flexibility index (Phi) is 2.53. The van der Waals surface area contributed by atoms with Crippen LogP contribution in [0.4, 0.5) is 0 Å². The van der Waals surface area contributed by atoms with Crippen LogP contribution in [0.25, 0.3) is 15.9 Å². The van der Waals surface area contributed by atoms with Crippen molar-refractivity contribution in [2.75, 3.05) is 0 Å². The summed E-state index contributed by atoms with van der Waals surface area (Å²) < 4.78 is 1.92. The minimum absolute atomic E-state index is 0.359. The summed E-state index contributed by atoms with van der Waals surface area (Å²) in [5.41, 5.74) is 2.34. The van der Waals surface area contributed by atoms with Crippen molar-refractivity contribution in [3.63, 3.8) is 0 Å². The number of halogens is 1. The molecule has 98 valence electrons. The first-order chi connectivity index (χ1) is 9.28. The number of aromatic nitrogens is 4. The second-order valence-corrected chi connectivity index (χ2v) is 6.57. The van der Waals surface area contributed by atoms with Crippen LogP contribution in [0.2, 0.25) is 0 Å². The van der Waals surface area contributed by atoms with Gasteiger partial charge in [0.15, 0.2) is 11.5 Å². The highest BCUT2D eigenvalue weighted by Gasteiger charge is 2.23. The van der Waals surface area contributed by atoms with Gasteiger partial charge < -0.3 is 0 Å². The molecule has 0 saturated carbocycles. The Morgan fingerprint density at radius 1 is 1.47 bits per heavy atom. The molecule has 3 aromatic heterocycles. The van der Waals surface area contributed by atoms with E-state index in [0.717, 1.165) is 28.6 Å². The summed E-state index contributed by atoms with van der Waals surface area (Å²) in [7, 11) is 0. The number of rotatable bonds is 1. The molecule has 0 amide bonds. The van der Waals surface area contributed by atoms with Crippen molar-refractivity contribution in [1.29, 1.82) is 0 Å². The van der Waals surface area contributed by atoms with Gasteiger partial charge in [-0.05, 0) is 30.7 Å². The highest BCUT2D eigenvalue weighted by atomic mass is 35.5. The molecule has 1 unspecified atom stereocenters. The summed E-state index contributed by atoms with van der Waals surface area (Å²) in [4.78, 5) is 7.12. The molecular weight excluding hydrogens is 280 g/mol. The van der Waals surface area contributed by atoms with E-state index in [1.807, 2.05) is 15.7 Å². The van der Waals surface area contributed by atoms with Gasteiger partial charge in [-0.1, -0.05) is 6.92 Å². The zero-order valence-electron chi connectivity index (χ0n) is 10.6. The molecule has 4 rings (SSSR count). The molecule has 0 aromatic carbocycles. The average Bonchev–Trinajstić information content (AvgIpc) is 2.97. The summed E-state index contributed by atoms with van der Waals surface area (Å²) >= 11 is 7.70. The lowest BCUT2D eigenvalue weighted by Gasteiger charge is -2.17. The lowest BCUT2D eigenvalue weighted by molar-refractivity contribution is 0.509. The predicted octanol–water partition coefficient (Wildman–Crippen LogP) is 3.20. The maximum Gasteiger partial charge on any atom is 0.172 e. The summed E-state index contributed by atoms with van der Waals surface area (Å²) in [6.07, 6.45) is 5.33. The molecule has 3 heterocycles. The molecule has 6 heteroatoms. The number of hydrogen-bond acceptors (Lipinski definition) is 4. The normalized spacial score (nSPS) is 19.2. The van der Waals surface area contributed by atoms with Crippen LogP contribution in [0.15, 0.2) is 6.33 Å². The van der Waals surface area contributed by atoms with Crippen molar-refractivity contribution in [3.05, 3.63) is 22.6 Å². The maximum absolute atomic E-state index is 5.89. The largest absolute Gasteiger partial charge is 0.268 e. The molecule has 0 radical (unpaired) electrons. The minimum Gasteiger partial charge on any atom is -0.268 e. The zero-order chi connectivity index (χ0) is 13.0. The van der Waals surface area contributed by atoms with E-state index in [1.54, 1.807) is 6.33 Å². The third-order valence-corrected chi connectivity index (χ3v) is 5.29. The molecule has 3 aromatic rings. The van der Waals surface area contributed by atoms with Gasteiger partial charge in [0.05, 0.1) is 11.3 Å². The third kappa shape index (κ3) is 1.61. The van der Waals surface area contributed by atoms with Crippen molar-refractivity contribution >= 4 is 38.8 Å². The standard InChI is InChI=1S/C13H13ClN4S/c1-7-2-3-8-9(4-7)19-13-11(8)12-17-16-10(5-14)18(12)6-15-13/h6-7H,2-5H2,1H3. The Morgan fingerprint density at radius 2 is 2.37 bits per heavy atom. The van der Waals surface area contributed by atoms with Gasteiger partial charge in [-0.25, -0.2) is 4.98 Å².